The number of hydrogen-bond donors (Lipinski definition) is 0. The van der Waals surface area contributed by atoms with Gasteiger partial charge in [0.05, 0.1) is 25.0 Å². The van der Waals surface area contributed by atoms with E-state index in [1.165, 1.54) is 103 Å². The summed E-state index contributed by atoms with van der Waals surface area (Å²) in [6.45, 7) is 13.4. The van der Waals surface area contributed by atoms with Gasteiger partial charge in [-0.1, -0.05) is 169 Å². The standard InChI is InChI=1S/C45H87NO6/c1-6-11-15-19-21-27-34-41(32-25-17-13-8-3)44(48)51-39-30-24-23-29-37-46(38-31-36-43(47)50-10-5)40-52-45(49)42(33-26-18-14-9-4)35-28-22-20-16-12-7-2/h41-42H,6-40H2,1-5H3. The Kier molecular flexibility index (Phi) is 37.8. The first-order valence-corrected chi connectivity index (χ1v) is 22.6. The van der Waals surface area contributed by atoms with Gasteiger partial charge in [0.15, 0.2) is 0 Å². The molecule has 0 aromatic heterocycles. The minimum Gasteiger partial charge on any atom is -0.466 e. The van der Waals surface area contributed by atoms with Crippen molar-refractivity contribution < 1.29 is 28.6 Å². The van der Waals surface area contributed by atoms with Gasteiger partial charge in [-0.05, 0) is 51.9 Å². The smallest absolute Gasteiger partial charge is 0.310 e. The first-order chi connectivity index (χ1) is 25.4. The lowest BCUT2D eigenvalue weighted by Crippen LogP contribution is -2.32. The average molecular weight is 738 g/mol. The van der Waals surface area contributed by atoms with Gasteiger partial charge >= 0.3 is 17.9 Å². The van der Waals surface area contributed by atoms with Crippen LogP contribution in [-0.2, 0) is 28.6 Å². The number of carbonyl (C=O) groups is 3. The molecule has 0 radical (unpaired) electrons. The molecule has 0 heterocycles. The highest BCUT2D eigenvalue weighted by Gasteiger charge is 2.21. The molecule has 0 fully saturated rings. The number of nitrogens with zero attached hydrogens (tertiary/aromatic N) is 1. The third-order valence-corrected chi connectivity index (χ3v) is 10.5. The number of rotatable bonds is 40. The summed E-state index contributed by atoms with van der Waals surface area (Å²) in [4.78, 5) is 40.5. The molecule has 0 aromatic rings. The van der Waals surface area contributed by atoms with Crippen LogP contribution in [0.2, 0.25) is 0 Å². The Bertz CT molecular complexity index is 805. The zero-order valence-corrected chi connectivity index (χ0v) is 35.3. The van der Waals surface area contributed by atoms with Crippen LogP contribution in [0.1, 0.15) is 227 Å². The van der Waals surface area contributed by atoms with Gasteiger partial charge in [-0.2, -0.15) is 0 Å². The zero-order valence-electron chi connectivity index (χ0n) is 35.3. The molecule has 0 spiro atoms. The van der Waals surface area contributed by atoms with E-state index in [2.05, 4.69) is 32.6 Å². The van der Waals surface area contributed by atoms with E-state index in [-0.39, 0.29) is 36.5 Å². The summed E-state index contributed by atoms with van der Waals surface area (Å²) in [6.07, 6.45) is 33.0. The Labute approximate surface area is 322 Å². The molecule has 308 valence electrons. The van der Waals surface area contributed by atoms with Crippen LogP contribution in [0.15, 0.2) is 0 Å². The van der Waals surface area contributed by atoms with Crippen molar-refractivity contribution in [3.63, 3.8) is 0 Å². The topological polar surface area (TPSA) is 82.1 Å². The molecule has 0 bridgehead atoms. The SMILES string of the molecule is CCCCCCCCC(CCCCCC)C(=O)OCCCCCCN(CCCC(=O)OCC)COC(=O)C(CCCCCC)CCCCCCCC. The van der Waals surface area contributed by atoms with Gasteiger partial charge in [0.1, 0.15) is 6.73 Å². The molecule has 0 N–H and O–H groups in total. The van der Waals surface area contributed by atoms with Gasteiger partial charge < -0.3 is 14.2 Å². The van der Waals surface area contributed by atoms with E-state index in [0.717, 1.165) is 83.6 Å². The number of unbranched alkanes of at least 4 members (excludes halogenated alkanes) is 19. The molecule has 0 aliphatic rings. The Morgan fingerprint density at radius 2 is 0.808 bits per heavy atom. The second kappa shape index (κ2) is 39.1. The quantitative estimate of drug-likeness (QED) is 0.0268. The maximum atomic E-state index is 13.3. The normalized spacial score (nSPS) is 12.6. The summed E-state index contributed by atoms with van der Waals surface area (Å²) in [7, 11) is 0. The van der Waals surface area contributed by atoms with Crippen LogP contribution in [0.25, 0.3) is 0 Å². The molecule has 7 nitrogen and oxygen atoms in total. The van der Waals surface area contributed by atoms with Crippen LogP contribution in [0.5, 0.6) is 0 Å². The maximum Gasteiger partial charge on any atom is 0.310 e. The third kappa shape index (κ3) is 31.9. The lowest BCUT2D eigenvalue weighted by molar-refractivity contribution is -0.154. The Hall–Kier alpha value is -1.63. The predicted octanol–water partition coefficient (Wildman–Crippen LogP) is 12.9. The first kappa shape index (κ1) is 50.4. The van der Waals surface area contributed by atoms with E-state index in [1.54, 1.807) is 0 Å². The van der Waals surface area contributed by atoms with Crippen molar-refractivity contribution in [1.82, 2.24) is 4.90 Å². The minimum atomic E-state index is -0.171. The summed E-state index contributed by atoms with van der Waals surface area (Å²) in [5.74, 6) is -0.179. The first-order valence-electron chi connectivity index (χ1n) is 22.6. The summed E-state index contributed by atoms with van der Waals surface area (Å²) in [6, 6.07) is 0. The fourth-order valence-electron chi connectivity index (χ4n) is 7.01. The van der Waals surface area contributed by atoms with Gasteiger partial charge in [0, 0.05) is 19.5 Å². The zero-order chi connectivity index (χ0) is 38.3. The largest absolute Gasteiger partial charge is 0.466 e. The minimum absolute atomic E-state index is 0.0137. The highest BCUT2D eigenvalue weighted by Crippen LogP contribution is 2.22. The van der Waals surface area contributed by atoms with Gasteiger partial charge in [-0.3, -0.25) is 19.3 Å². The Morgan fingerprint density at radius 3 is 1.29 bits per heavy atom. The van der Waals surface area contributed by atoms with E-state index in [9.17, 15) is 14.4 Å². The van der Waals surface area contributed by atoms with E-state index in [1.807, 2.05) is 6.92 Å². The molecule has 0 aliphatic heterocycles. The van der Waals surface area contributed by atoms with Gasteiger partial charge in [-0.15, -0.1) is 0 Å². The Balaban J connectivity index is 4.83. The molecular formula is C45H87NO6. The summed E-state index contributed by atoms with van der Waals surface area (Å²) < 4.78 is 16.9. The van der Waals surface area contributed by atoms with Gasteiger partial charge in [-0.25, -0.2) is 0 Å². The van der Waals surface area contributed by atoms with E-state index < -0.39 is 0 Å². The fraction of sp³-hybridized carbons (Fsp3) is 0.933. The van der Waals surface area contributed by atoms with E-state index in [0.29, 0.717) is 32.6 Å². The lowest BCUT2D eigenvalue weighted by atomic mass is 9.94. The summed E-state index contributed by atoms with van der Waals surface area (Å²) >= 11 is 0. The van der Waals surface area contributed by atoms with Gasteiger partial charge in [0.2, 0.25) is 0 Å². The molecule has 0 saturated heterocycles. The van der Waals surface area contributed by atoms with Crippen molar-refractivity contribution in [1.29, 1.82) is 0 Å². The summed E-state index contributed by atoms with van der Waals surface area (Å²) in [5.41, 5.74) is 0. The van der Waals surface area contributed by atoms with Crippen molar-refractivity contribution in [3.8, 4) is 0 Å². The lowest BCUT2D eigenvalue weighted by Gasteiger charge is -2.24. The van der Waals surface area contributed by atoms with Crippen molar-refractivity contribution in [2.45, 2.75) is 227 Å². The maximum absolute atomic E-state index is 13.3. The molecule has 2 unspecified atom stereocenters. The molecule has 52 heavy (non-hydrogen) atoms. The second-order valence-electron chi connectivity index (χ2n) is 15.4. The van der Waals surface area contributed by atoms with Crippen molar-refractivity contribution in [2.24, 2.45) is 11.8 Å². The summed E-state index contributed by atoms with van der Waals surface area (Å²) in [5, 5.41) is 0. The highest BCUT2D eigenvalue weighted by atomic mass is 16.5. The third-order valence-electron chi connectivity index (χ3n) is 10.5. The van der Waals surface area contributed by atoms with E-state index in [4.69, 9.17) is 14.2 Å². The average Bonchev–Trinajstić information content (AvgIpc) is 3.14. The molecule has 0 aromatic carbocycles. The van der Waals surface area contributed by atoms with Crippen molar-refractivity contribution in [2.75, 3.05) is 33.0 Å². The fourth-order valence-corrected chi connectivity index (χ4v) is 7.01. The van der Waals surface area contributed by atoms with Crippen LogP contribution in [0, 0.1) is 11.8 Å². The molecule has 7 heteroatoms. The predicted molar refractivity (Wildman–Crippen MR) is 218 cm³/mol. The monoisotopic (exact) mass is 738 g/mol. The molecular weight excluding hydrogens is 650 g/mol. The van der Waals surface area contributed by atoms with Crippen LogP contribution < -0.4 is 0 Å². The number of ether oxygens (including phenoxy) is 3. The highest BCUT2D eigenvalue weighted by molar-refractivity contribution is 5.72. The molecule has 2 atom stereocenters. The number of esters is 3. The molecule has 0 aliphatic carbocycles. The van der Waals surface area contributed by atoms with E-state index >= 15 is 0 Å². The Morgan fingerprint density at radius 1 is 0.423 bits per heavy atom. The number of carbonyl (C=O) groups excluding carboxylic acids is 3. The van der Waals surface area contributed by atoms with Crippen molar-refractivity contribution in [3.05, 3.63) is 0 Å². The molecule has 0 rings (SSSR count). The number of hydrogen-bond acceptors (Lipinski definition) is 7. The molecule has 0 saturated carbocycles. The van der Waals surface area contributed by atoms with Crippen LogP contribution in [0.4, 0.5) is 0 Å². The molecule has 0 amide bonds. The van der Waals surface area contributed by atoms with Crippen LogP contribution in [-0.4, -0.2) is 55.8 Å². The van der Waals surface area contributed by atoms with Crippen LogP contribution in [0.3, 0.4) is 0 Å². The van der Waals surface area contributed by atoms with Crippen molar-refractivity contribution >= 4 is 17.9 Å². The second-order valence-corrected chi connectivity index (χ2v) is 15.4. The van der Waals surface area contributed by atoms with Gasteiger partial charge in [0.25, 0.3) is 0 Å². The van der Waals surface area contributed by atoms with Crippen LogP contribution >= 0.6 is 0 Å².